The van der Waals surface area contributed by atoms with Crippen LogP contribution in [0.2, 0.25) is 0 Å². The van der Waals surface area contributed by atoms with Gasteiger partial charge in [0.25, 0.3) is 0 Å². The highest BCUT2D eigenvalue weighted by Gasteiger charge is 2.12. The molecular formula is C22H18FN3O. The Morgan fingerprint density at radius 2 is 2.04 bits per heavy atom. The highest BCUT2D eigenvalue weighted by atomic mass is 19.1. The van der Waals surface area contributed by atoms with E-state index in [4.69, 9.17) is 0 Å². The van der Waals surface area contributed by atoms with Gasteiger partial charge in [-0.15, -0.1) is 0 Å². The molecule has 4 rings (SSSR count). The smallest absolute Gasteiger partial charge is 0.169 e. The Bertz CT molecular complexity index is 1120. The van der Waals surface area contributed by atoms with Gasteiger partial charge in [0.05, 0.1) is 6.42 Å². The summed E-state index contributed by atoms with van der Waals surface area (Å²) in [5.41, 5.74) is 4.93. The van der Waals surface area contributed by atoms with Crippen molar-refractivity contribution in [3.05, 3.63) is 94.8 Å². The summed E-state index contributed by atoms with van der Waals surface area (Å²) in [6, 6.07) is 12.1. The van der Waals surface area contributed by atoms with Gasteiger partial charge >= 0.3 is 0 Å². The number of ketones is 1. The first-order valence-corrected chi connectivity index (χ1v) is 8.74. The molecule has 4 nitrogen and oxygen atoms in total. The first-order valence-electron chi connectivity index (χ1n) is 8.74. The number of Topliss-reactive ketones (excluding diaryl/α,β-unsaturated/α-hetero) is 1. The van der Waals surface area contributed by atoms with Gasteiger partial charge in [-0.05, 0) is 53.9 Å². The number of hydrogen-bond donors (Lipinski definition) is 1. The molecule has 0 spiro atoms. The zero-order valence-corrected chi connectivity index (χ0v) is 14.9. The SMILES string of the molecule is Cc1ccc(F)cc1C(=O)Cc1ccc(Cc2c[nH]c3ncccc23)cn1. The van der Waals surface area contributed by atoms with Crippen molar-refractivity contribution in [1.82, 2.24) is 15.0 Å². The van der Waals surface area contributed by atoms with Crippen LogP contribution in [0.1, 0.15) is 32.7 Å². The van der Waals surface area contributed by atoms with E-state index in [0.29, 0.717) is 11.3 Å². The molecule has 5 heteroatoms. The number of halogens is 1. The fraction of sp³-hybridized carbons (Fsp3) is 0.136. The molecule has 3 aromatic heterocycles. The Labute approximate surface area is 156 Å². The maximum Gasteiger partial charge on any atom is 0.169 e. The number of aromatic nitrogens is 3. The lowest BCUT2D eigenvalue weighted by molar-refractivity contribution is 0.0991. The average Bonchev–Trinajstić information content (AvgIpc) is 3.08. The number of aryl methyl sites for hydroxylation is 1. The molecule has 0 amide bonds. The highest BCUT2D eigenvalue weighted by Crippen LogP contribution is 2.19. The van der Waals surface area contributed by atoms with Crippen LogP contribution in [0.4, 0.5) is 4.39 Å². The normalized spacial score (nSPS) is 11.0. The van der Waals surface area contributed by atoms with Gasteiger partial charge in [0.1, 0.15) is 11.5 Å². The van der Waals surface area contributed by atoms with Crippen LogP contribution in [-0.4, -0.2) is 20.7 Å². The lowest BCUT2D eigenvalue weighted by atomic mass is 10.0. The number of H-pyrrole nitrogens is 1. The molecule has 0 aliphatic carbocycles. The molecule has 0 radical (unpaired) electrons. The number of rotatable bonds is 5. The highest BCUT2D eigenvalue weighted by molar-refractivity contribution is 5.98. The standard InChI is InChI=1S/C22H18FN3O/c1-14-4-6-17(23)10-20(14)21(27)11-18-7-5-15(12-25-18)9-16-13-26-22-19(16)3-2-8-24-22/h2-8,10,12-13H,9,11H2,1H3,(H,24,26). The van der Waals surface area contributed by atoms with E-state index in [2.05, 4.69) is 15.0 Å². The number of carbonyl (C=O) groups excluding carboxylic acids is 1. The molecule has 134 valence electrons. The molecule has 0 aliphatic heterocycles. The summed E-state index contributed by atoms with van der Waals surface area (Å²) in [5.74, 6) is -0.532. The topological polar surface area (TPSA) is 58.6 Å². The molecule has 0 aliphatic rings. The van der Waals surface area contributed by atoms with E-state index < -0.39 is 5.82 Å². The van der Waals surface area contributed by atoms with Crippen molar-refractivity contribution >= 4 is 16.8 Å². The van der Waals surface area contributed by atoms with Crippen LogP contribution >= 0.6 is 0 Å². The third kappa shape index (κ3) is 3.62. The minimum absolute atomic E-state index is 0.130. The second kappa shape index (κ2) is 7.11. The number of aromatic amines is 1. The number of carbonyl (C=O) groups is 1. The molecule has 27 heavy (non-hydrogen) atoms. The Kier molecular flexibility index (Phi) is 4.50. The van der Waals surface area contributed by atoms with Crippen molar-refractivity contribution < 1.29 is 9.18 Å². The fourth-order valence-corrected chi connectivity index (χ4v) is 3.20. The monoisotopic (exact) mass is 359 g/mol. The van der Waals surface area contributed by atoms with E-state index in [-0.39, 0.29) is 12.2 Å². The summed E-state index contributed by atoms with van der Waals surface area (Å²) in [6.07, 6.45) is 6.39. The first kappa shape index (κ1) is 17.1. The van der Waals surface area contributed by atoms with Gasteiger partial charge in [-0.3, -0.25) is 9.78 Å². The molecular weight excluding hydrogens is 341 g/mol. The van der Waals surface area contributed by atoms with Gasteiger partial charge in [0, 0.05) is 41.7 Å². The number of nitrogens with one attached hydrogen (secondary N) is 1. The maximum atomic E-state index is 13.4. The molecule has 1 aromatic carbocycles. The summed E-state index contributed by atoms with van der Waals surface area (Å²) in [7, 11) is 0. The van der Waals surface area contributed by atoms with Crippen molar-refractivity contribution in [3.63, 3.8) is 0 Å². The Balaban J connectivity index is 1.49. The fourth-order valence-electron chi connectivity index (χ4n) is 3.20. The minimum Gasteiger partial charge on any atom is -0.346 e. The lowest BCUT2D eigenvalue weighted by Gasteiger charge is -2.06. The van der Waals surface area contributed by atoms with E-state index in [1.165, 1.54) is 12.1 Å². The third-order valence-corrected chi connectivity index (χ3v) is 4.66. The van der Waals surface area contributed by atoms with Gasteiger partial charge in [-0.1, -0.05) is 12.1 Å². The second-order valence-corrected chi connectivity index (χ2v) is 6.61. The summed E-state index contributed by atoms with van der Waals surface area (Å²) in [4.78, 5) is 24.3. The van der Waals surface area contributed by atoms with Crippen LogP contribution in [0, 0.1) is 12.7 Å². The van der Waals surface area contributed by atoms with Crippen LogP contribution in [0.25, 0.3) is 11.0 Å². The summed E-state index contributed by atoms with van der Waals surface area (Å²) in [6.45, 7) is 1.80. The maximum absolute atomic E-state index is 13.4. The van der Waals surface area contributed by atoms with Crippen LogP contribution in [0.3, 0.4) is 0 Å². The van der Waals surface area contributed by atoms with Crippen molar-refractivity contribution in [3.8, 4) is 0 Å². The zero-order valence-electron chi connectivity index (χ0n) is 14.9. The first-order chi connectivity index (χ1) is 13.1. The molecule has 0 bridgehead atoms. The number of pyridine rings is 2. The second-order valence-electron chi connectivity index (χ2n) is 6.61. The lowest BCUT2D eigenvalue weighted by Crippen LogP contribution is -2.07. The number of hydrogen-bond acceptors (Lipinski definition) is 3. The van der Waals surface area contributed by atoms with Crippen molar-refractivity contribution in [1.29, 1.82) is 0 Å². The molecule has 0 fully saturated rings. The molecule has 1 N–H and O–H groups in total. The Morgan fingerprint density at radius 3 is 2.85 bits per heavy atom. The van der Waals surface area contributed by atoms with Gasteiger partial charge in [-0.2, -0.15) is 0 Å². The molecule has 0 atom stereocenters. The van der Waals surface area contributed by atoms with Crippen LogP contribution in [0.5, 0.6) is 0 Å². The number of fused-ring (bicyclic) bond motifs is 1. The van der Waals surface area contributed by atoms with Crippen LogP contribution in [0.15, 0.2) is 61.1 Å². The Hall–Kier alpha value is -3.34. The molecule has 0 saturated heterocycles. The average molecular weight is 359 g/mol. The molecule has 4 aromatic rings. The van der Waals surface area contributed by atoms with Crippen LogP contribution < -0.4 is 0 Å². The molecule has 3 heterocycles. The number of benzene rings is 1. The Morgan fingerprint density at radius 1 is 1.15 bits per heavy atom. The van der Waals surface area contributed by atoms with Crippen molar-refractivity contribution in [2.24, 2.45) is 0 Å². The summed E-state index contributed by atoms with van der Waals surface area (Å²) < 4.78 is 13.4. The largest absolute Gasteiger partial charge is 0.346 e. The van der Waals surface area contributed by atoms with Gasteiger partial charge < -0.3 is 4.98 Å². The van der Waals surface area contributed by atoms with E-state index >= 15 is 0 Å². The predicted molar refractivity (Wildman–Crippen MR) is 102 cm³/mol. The predicted octanol–water partition coefficient (Wildman–Crippen LogP) is 4.42. The van der Waals surface area contributed by atoms with Crippen molar-refractivity contribution in [2.75, 3.05) is 0 Å². The van der Waals surface area contributed by atoms with Crippen LogP contribution in [-0.2, 0) is 12.8 Å². The summed E-state index contributed by atoms with van der Waals surface area (Å²) in [5, 5.41) is 1.10. The minimum atomic E-state index is -0.402. The van der Waals surface area contributed by atoms with E-state index in [0.717, 1.165) is 34.1 Å². The van der Waals surface area contributed by atoms with Gasteiger partial charge in [0.2, 0.25) is 0 Å². The van der Waals surface area contributed by atoms with Crippen molar-refractivity contribution in [2.45, 2.75) is 19.8 Å². The van der Waals surface area contributed by atoms with Gasteiger partial charge in [-0.25, -0.2) is 9.37 Å². The molecule has 0 unspecified atom stereocenters. The van der Waals surface area contributed by atoms with E-state index in [1.54, 1.807) is 25.4 Å². The zero-order chi connectivity index (χ0) is 18.8. The quantitative estimate of drug-likeness (QED) is 0.537. The third-order valence-electron chi connectivity index (χ3n) is 4.66. The number of nitrogens with zero attached hydrogens (tertiary/aromatic N) is 2. The van der Waals surface area contributed by atoms with E-state index in [9.17, 15) is 9.18 Å². The molecule has 0 saturated carbocycles. The summed E-state index contributed by atoms with van der Waals surface area (Å²) >= 11 is 0. The van der Waals surface area contributed by atoms with Gasteiger partial charge in [0.15, 0.2) is 5.78 Å². The van der Waals surface area contributed by atoms with E-state index in [1.807, 2.05) is 30.5 Å².